The van der Waals surface area contributed by atoms with E-state index in [1.54, 1.807) is 24.3 Å². The molecular weight excluding hydrogens is 222 g/mol. The highest BCUT2D eigenvalue weighted by atomic mass is 32.1. The standard InChI is InChI=1S/C11H13N3OS/c1-8-3-4-16-10(8)11(15)14(2)7-9-5-12-13-6-9/h3-6H,7H2,1-2H3,(H,12,13). The van der Waals surface area contributed by atoms with Crippen molar-refractivity contribution in [1.82, 2.24) is 15.1 Å². The molecule has 0 bridgehead atoms. The zero-order valence-corrected chi connectivity index (χ0v) is 10.0. The molecule has 2 heterocycles. The molecule has 0 saturated heterocycles. The summed E-state index contributed by atoms with van der Waals surface area (Å²) in [6, 6.07) is 1.96. The average molecular weight is 235 g/mol. The fourth-order valence-corrected chi connectivity index (χ4v) is 2.39. The lowest BCUT2D eigenvalue weighted by Crippen LogP contribution is -2.25. The van der Waals surface area contributed by atoms with Gasteiger partial charge >= 0.3 is 0 Å². The first-order chi connectivity index (χ1) is 7.68. The van der Waals surface area contributed by atoms with Crippen LogP contribution in [0.4, 0.5) is 0 Å². The minimum absolute atomic E-state index is 0.0636. The van der Waals surface area contributed by atoms with Gasteiger partial charge in [-0.3, -0.25) is 9.89 Å². The molecule has 0 aliphatic heterocycles. The molecular formula is C11H13N3OS. The molecule has 0 aromatic carbocycles. The SMILES string of the molecule is Cc1ccsc1C(=O)N(C)Cc1cn[nH]c1. The number of hydrogen-bond acceptors (Lipinski definition) is 3. The van der Waals surface area contributed by atoms with Crippen molar-refractivity contribution in [3.63, 3.8) is 0 Å². The lowest BCUT2D eigenvalue weighted by molar-refractivity contribution is 0.0789. The number of aromatic nitrogens is 2. The average Bonchev–Trinajstić information content (AvgIpc) is 2.88. The van der Waals surface area contributed by atoms with Gasteiger partial charge in [-0.1, -0.05) is 0 Å². The third-order valence-corrected chi connectivity index (χ3v) is 3.38. The number of H-pyrrole nitrogens is 1. The summed E-state index contributed by atoms with van der Waals surface area (Å²) in [5.74, 6) is 0.0636. The van der Waals surface area contributed by atoms with Gasteiger partial charge in [0.2, 0.25) is 0 Å². The second kappa shape index (κ2) is 4.49. The third-order valence-electron chi connectivity index (χ3n) is 2.38. The van der Waals surface area contributed by atoms with E-state index >= 15 is 0 Å². The Morgan fingerprint density at radius 1 is 1.62 bits per heavy atom. The third kappa shape index (κ3) is 2.14. The molecule has 0 aliphatic carbocycles. The molecule has 2 aromatic rings. The number of aryl methyl sites for hydroxylation is 1. The van der Waals surface area contributed by atoms with Crippen LogP contribution >= 0.6 is 11.3 Å². The van der Waals surface area contributed by atoms with Gasteiger partial charge in [0.1, 0.15) is 0 Å². The summed E-state index contributed by atoms with van der Waals surface area (Å²) < 4.78 is 0. The monoisotopic (exact) mass is 235 g/mol. The minimum Gasteiger partial charge on any atom is -0.337 e. The topological polar surface area (TPSA) is 49.0 Å². The first-order valence-electron chi connectivity index (χ1n) is 4.95. The molecule has 0 unspecified atom stereocenters. The van der Waals surface area contributed by atoms with E-state index in [2.05, 4.69) is 10.2 Å². The smallest absolute Gasteiger partial charge is 0.264 e. The Balaban J connectivity index is 2.08. The van der Waals surface area contributed by atoms with Crippen molar-refractivity contribution in [1.29, 1.82) is 0 Å². The van der Waals surface area contributed by atoms with Gasteiger partial charge < -0.3 is 4.90 Å². The van der Waals surface area contributed by atoms with Gasteiger partial charge in [-0.25, -0.2) is 0 Å². The summed E-state index contributed by atoms with van der Waals surface area (Å²) in [6.07, 6.45) is 3.52. The van der Waals surface area contributed by atoms with Crippen LogP contribution < -0.4 is 0 Å². The highest BCUT2D eigenvalue weighted by Crippen LogP contribution is 2.18. The van der Waals surface area contributed by atoms with Crippen LogP contribution in [0, 0.1) is 6.92 Å². The fourth-order valence-electron chi connectivity index (χ4n) is 1.47. The predicted octanol–water partition coefficient (Wildman–Crippen LogP) is 2.05. The Hall–Kier alpha value is -1.62. The summed E-state index contributed by atoms with van der Waals surface area (Å²) in [6.45, 7) is 2.53. The van der Waals surface area contributed by atoms with Crippen molar-refractivity contribution in [3.8, 4) is 0 Å². The van der Waals surface area contributed by atoms with Gasteiger partial charge in [-0.05, 0) is 23.9 Å². The molecule has 16 heavy (non-hydrogen) atoms. The molecule has 1 amide bonds. The van der Waals surface area contributed by atoms with E-state index in [1.807, 2.05) is 18.4 Å². The van der Waals surface area contributed by atoms with E-state index < -0.39 is 0 Å². The van der Waals surface area contributed by atoms with Crippen LogP contribution in [0.5, 0.6) is 0 Å². The second-order valence-electron chi connectivity index (χ2n) is 3.70. The molecule has 2 aromatic heterocycles. The minimum atomic E-state index is 0.0636. The van der Waals surface area contributed by atoms with Crippen molar-refractivity contribution in [2.24, 2.45) is 0 Å². The molecule has 0 aliphatic rings. The molecule has 5 heteroatoms. The highest BCUT2D eigenvalue weighted by molar-refractivity contribution is 7.12. The lowest BCUT2D eigenvalue weighted by Gasteiger charge is -2.15. The van der Waals surface area contributed by atoms with E-state index in [0.29, 0.717) is 6.54 Å². The van der Waals surface area contributed by atoms with E-state index in [1.165, 1.54) is 11.3 Å². The maximum Gasteiger partial charge on any atom is 0.264 e. The maximum absolute atomic E-state index is 12.1. The number of hydrogen-bond donors (Lipinski definition) is 1. The predicted molar refractivity (Wildman–Crippen MR) is 63.4 cm³/mol. The molecule has 0 atom stereocenters. The highest BCUT2D eigenvalue weighted by Gasteiger charge is 2.15. The van der Waals surface area contributed by atoms with Gasteiger partial charge in [0.05, 0.1) is 11.1 Å². The fraction of sp³-hybridized carbons (Fsp3) is 0.273. The second-order valence-corrected chi connectivity index (χ2v) is 4.62. The molecule has 0 fully saturated rings. The van der Waals surface area contributed by atoms with Gasteiger partial charge in [0, 0.05) is 25.4 Å². The van der Waals surface area contributed by atoms with Crippen molar-refractivity contribution in [2.75, 3.05) is 7.05 Å². The number of carbonyl (C=O) groups excluding carboxylic acids is 1. The molecule has 1 N–H and O–H groups in total. The number of rotatable bonds is 3. The number of amides is 1. The van der Waals surface area contributed by atoms with Crippen LogP contribution in [0.2, 0.25) is 0 Å². The van der Waals surface area contributed by atoms with E-state index in [4.69, 9.17) is 0 Å². The van der Waals surface area contributed by atoms with E-state index in [0.717, 1.165) is 16.0 Å². The quantitative estimate of drug-likeness (QED) is 0.885. The Morgan fingerprint density at radius 2 is 2.44 bits per heavy atom. The van der Waals surface area contributed by atoms with Crippen molar-refractivity contribution in [2.45, 2.75) is 13.5 Å². The Labute approximate surface area is 97.9 Å². The molecule has 2 rings (SSSR count). The van der Waals surface area contributed by atoms with Crippen LogP contribution in [-0.4, -0.2) is 28.1 Å². The first-order valence-corrected chi connectivity index (χ1v) is 5.83. The van der Waals surface area contributed by atoms with Crippen LogP contribution in [0.3, 0.4) is 0 Å². The molecule has 0 saturated carbocycles. The molecule has 0 spiro atoms. The number of nitrogens with zero attached hydrogens (tertiary/aromatic N) is 2. The molecule has 0 radical (unpaired) electrons. The van der Waals surface area contributed by atoms with Crippen molar-refractivity contribution in [3.05, 3.63) is 39.8 Å². The number of aromatic amines is 1. The van der Waals surface area contributed by atoms with Crippen LogP contribution in [-0.2, 0) is 6.54 Å². The Kier molecular flexibility index (Phi) is 3.05. The zero-order chi connectivity index (χ0) is 11.5. The lowest BCUT2D eigenvalue weighted by atomic mass is 10.2. The summed E-state index contributed by atoms with van der Waals surface area (Å²) in [5, 5.41) is 8.53. The van der Waals surface area contributed by atoms with Gasteiger partial charge in [-0.2, -0.15) is 5.10 Å². The van der Waals surface area contributed by atoms with Gasteiger partial charge in [0.25, 0.3) is 5.91 Å². The normalized spacial score (nSPS) is 10.4. The Morgan fingerprint density at radius 3 is 3.00 bits per heavy atom. The van der Waals surface area contributed by atoms with E-state index in [-0.39, 0.29) is 5.91 Å². The maximum atomic E-state index is 12.1. The Bertz CT molecular complexity index is 475. The summed E-state index contributed by atoms with van der Waals surface area (Å²) >= 11 is 1.48. The molecule has 84 valence electrons. The number of thiophene rings is 1. The van der Waals surface area contributed by atoms with Crippen LogP contribution in [0.25, 0.3) is 0 Å². The largest absolute Gasteiger partial charge is 0.337 e. The number of carbonyl (C=O) groups is 1. The zero-order valence-electron chi connectivity index (χ0n) is 9.23. The van der Waals surface area contributed by atoms with Crippen LogP contribution in [0.1, 0.15) is 20.8 Å². The van der Waals surface area contributed by atoms with Crippen molar-refractivity contribution < 1.29 is 4.79 Å². The van der Waals surface area contributed by atoms with Crippen molar-refractivity contribution >= 4 is 17.2 Å². The molecule has 4 nitrogen and oxygen atoms in total. The van der Waals surface area contributed by atoms with Gasteiger partial charge in [-0.15, -0.1) is 11.3 Å². The summed E-state index contributed by atoms with van der Waals surface area (Å²) in [5.41, 5.74) is 2.04. The summed E-state index contributed by atoms with van der Waals surface area (Å²) in [7, 11) is 1.80. The first kappa shape index (κ1) is 10.9. The van der Waals surface area contributed by atoms with E-state index in [9.17, 15) is 4.79 Å². The summed E-state index contributed by atoms with van der Waals surface area (Å²) in [4.78, 5) is 14.6. The van der Waals surface area contributed by atoms with Crippen LogP contribution in [0.15, 0.2) is 23.8 Å². The van der Waals surface area contributed by atoms with Gasteiger partial charge in [0.15, 0.2) is 0 Å². The number of nitrogens with one attached hydrogen (secondary N) is 1.